The van der Waals surface area contributed by atoms with Crippen molar-refractivity contribution in [2.24, 2.45) is 7.05 Å². The fourth-order valence-corrected chi connectivity index (χ4v) is 2.66. The van der Waals surface area contributed by atoms with Crippen molar-refractivity contribution in [2.45, 2.75) is 12.5 Å². The van der Waals surface area contributed by atoms with Crippen molar-refractivity contribution in [3.8, 4) is 0 Å². The van der Waals surface area contributed by atoms with Crippen LogP contribution in [0.2, 0.25) is 0 Å². The van der Waals surface area contributed by atoms with Crippen molar-refractivity contribution in [3.05, 3.63) is 53.3 Å². The van der Waals surface area contributed by atoms with E-state index in [1.54, 1.807) is 28.9 Å². The highest BCUT2D eigenvalue weighted by Crippen LogP contribution is 2.29. The number of aliphatic carboxylic acids is 1. The molecule has 6 heteroatoms. The monoisotopic (exact) mass is 285 g/mol. The van der Waals surface area contributed by atoms with E-state index in [4.69, 9.17) is 0 Å². The zero-order valence-corrected chi connectivity index (χ0v) is 11.6. The summed E-state index contributed by atoms with van der Waals surface area (Å²) in [5.74, 6) is -1.85. The van der Waals surface area contributed by atoms with Crippen LogP contribution in [0.4, 0.5) is 0 Å². The number of amides is 1. The molecule has 2 heterocycles. The molecule has 0 saturated heterocycles. The van der Waals surface area contributed by atoms with E-state index in [9.17, 15) is 14.7 Å². The molecule has 1 N–H and O–H groups in total. The van der Waals surface area contributed by atoms with Gasteiger partial charge in [0, 0.05) is 26.3 Å². The van der Waals surface area contributed by atoms with E-state index in [0.29, 0.717) is 12.2 Å². The van der Waals surface area contributed by atoms with E-state index in [2.05, 4.69) is 5.10 Å². The van der Waals surface area contributed by atoms with Gasteiger partial charge in [0.2, 0.25) is 0 Å². The van der Waals surface area contributed by atoms with E-state index in [-0.39, 0.29) is 12.5 Å². The van der Waals surface area contributed by atoms with Crippen LogP contribution in [0.1, 0.15) is 27.5 Å². The molecule has 6 nitrogen and oxygen atoms in total. The molecule has 1 atom stereocenters. The average Bonchev–Trinajstić information content (AvgIpc) is 2.91. The molecule has 0 spiro atoms. The van der Waals surface area contributed by atoms with Gasteiger partial charge in [0.25, 0.3) is 5.91 Å². The Morgan fingerprint density at radius 2 is 2.05 bits per heavy atom. The zero-order valence-electron chi connectivity index (χ0n) is 11.6. The Balaban J connectivity index is 1.93. The summed E-state index contributed by atoms with van der Waals surface area (Å²) in [7, 11) is 1.74. The molecule has 3 rings (SSSR count). The average molecular weight is 285 g/mol. The third kappa shape index (κ3) is 2.40. The van der Waals surface area contributed by atoms with Gasteiger partial charge in [-0.1, -0.05) is 24.3 Å². The van der Waals surface area contributed by atoms with Crippen molar-refractivity contribution in [1.82, 2.24) is 14.7 Å². The van der Waals surface area contributed by atoms with Crippen molar-refractivity contribution in [3.63, 3.8) is 0 Å². The molecule has 0 aliphatic carbocycles. The summed E-state index contributed by atoms with van der Waals surface area (Å²) in [4.78, 5) is 25.5. The normalized spacial score (nSPS) is 17.4. The quantitative estimate of drug-likeness (QED) is 0.901. The maximum Gasteiger partial charge on any atom is 0.312 e. The van der Waals surface area contributed by atoms with Gasteiger partial charge < -0.3 is 10.0 Å². The first kappa shape index (κ1) is 13.4. The fourth-order valence-electron chi connectivity index (χ4n) is 2.66. The van der Waals surface area contributed by atoms with Gasteiger partial charge in [0.05, 0.1) is 5.92 Å². The first-order valence-electron chi connectivity index (χ1n) is 6.66. The van der Waals surface area contributed by atoms with Gasteiger partial charge in [0.15, 0.2) is 0 Å². The minimum Gasteiger partial charge on any atom is -0.481 e. The van der Waals surface area contributed by atoms with E-state index < -0.39 is 11.9 Å². The Labute approximate surface area is 121 Å². The number of carboxylic acids is 1. The third-order valence-electron chi connectivity index (χ3n) is 3.71. The highest BCUT2D eigenvalue weighted by atomic mass is 16.4. The molecule has 0 fully saturated rings. The van der Waals surface area contributed by atoms with E-state index in [1.165, 1.54) is 0 Å². The number of fused-ring (bicyclic) bond motifs is 1. The number of aromatic nitrogens is 2. The number of carbonyl (C=O) groups is 2. The molecule has 1 aromatic carbocycles. The molecule has 1 unspecified atom stereocenters. The Bertz CT molecular complexity index is 708. The maximum atomic E-state index is 12.4. The lowest BCUT2D eigenvalue weighted by Gasteiger charge is -2.32. The number of rotatable bonds is 2. The Morgan fingerprint density at radius 3 is 2.71 bits per heavy atom. The molecule has 1 amide bonds. The summed E-state index contributed by atoms with van der Waals surface area (Å²) in [5, 5.41) is 13.5. The van der Waals surface area contributed by atoms with Gasteiger partial charge in [-0.15, -0.1) is 0 Å². The van der Waals surface area contributed by atoms with Crippen LogP contribution < -0.4 is 0 Å². The lowest BCUT2D eigenvalue weighted by molar-refractivity contribution is -0.139. The maximum absolute atomic E-state index is 12.4. The van der Waals surface area contributed by atoms with Crippen LogP contribution in [-0.4, -0.2) is 38.2 Å². The first-order chi connectivity index (χ1) is 10.1. The van der Waals surface area contributed by atoms with Gasteiger partial charge in [-0.05, 0) is 17.2 Å². The number of nitrogens with zero attached hydrogens (tertiary/aromatic N) is 3. The van der Waals surface area contributed by atoms with E-state index in [1.807, 2.05) is 24.3 Å². The van der Waals surface area contributed by atoms with Crippen LogP contribution >= 0.6 is 0 Å². The topological polar surface area (TPSA) is 75.4 Å². The van der Waals surface area contributed by atoms with Crippen molar-refractivity contribution in [1.29, 1.82) is 0 Å². The molecule has 0 saturated carbocycles. The largest absolute Gasteiger partial charge is 0.481 e. The van der Waals surface area contributed by atoms with Gasteiger partial charge in [0.1, 0.15) is 5.69 Å². The molecule has 21 heavy (non-hydrogen) atoms. The number of benzene rings is 1. The van der Waals surface area contributed by atoms with Crippen LogP contribution in [0, 0.1) is 0 Å². The SMILES string of the molecule is Cn1ccc(C(=O)N2Cc3ccccc3C(C(=O)O)C2)n1. The fraction of sp³-hybridized carbons (Fsp3) is 0.267. The zero-order chi connectivity index (χ0) is 15.0. The van der Waals surface area contributed by atoms with Gasteiger partial charge in [-0.25, -0.2) is 0 Å². The van der Waals surface area contributed by atoms with E-state index >= 15 is 0 Å². The molecule has 108 valence electrons. The van der Waals surface area contributed by atoms with Gasteiger partial charge in [-0.3, -0.25) is 14.3 Å². The second kappa shape index (κ2) is 5.05. The third-order valence-corrected chi connectivity index (χ3v) is 3.71. The molecular weight excluding hydrogens is 270 g/mol. The van der Waals surface area contributed by atoms with E-state index in [0.717, 1.165) is 11.1 Å². The minimum atomic E-state index is -0.916. The number of hydrogen-bond acceptors (Lipinski definition) is 3. The highest BCUT2D eigenvalue weighted by molar-refractivity contribution is 5.93. The predicted molar refractivity (Wildman–Crippen MR) is 74.8 cm³/mol. The summed E-state index contributed by atoms with van der Waals surface area (Å²) in [6.45, 7) is 0.580. The first-order valence-corrected chi connectivity index (χ1v) is 6.66. The summed E-state index contributed by atoms with van der Waals surface area (Å²) in [6, 6.07) is 9.00. The highest BCUT2D eigenvalue weighted by Gasteiger charge is 2.33. The summed E-state index contributed by atoms with van der Waals surface area (Å²) < 4.78 is 1.56. The summed E-state index contributed by atoms with van der Waals surface area (Å²) >= 11 is 0. The Kier molecular flexibility index (Phi) is 3.21. The number of aryl methyl sites for hydroxylation is 1. The van der Waals surface area contributed by atoms with Crippen LogP contribution in [0.25, 0.3) is 0 Å². The lowest BCUT2D eigenvalue weighted by atomic mass is 9.89. The number of carbonyl (C=O) groups excluding carboxylic acids is 1. The molecule has 1 aliphatic heterocycles. The van der Waals surface area contributed by atoms with Crippen LogP contribution in [0.3, 0.4) is 0 Å². The minimum absolute atomic E-state index is 0.168. The molecular formula is C15H15N3O3. The Morgan fingerprint density at radius 1 is 1.29 bits per heavy atom. The second-order valence-electron chi connectivity index (χ2n) is 5.15. The van der Waals surface area contributed by atoms with Crippen LogP contribution in [0.5, 0.6) is 0 Å². The second-order valence-corrected chi connectivity index (χ2v) is 5.15. The molecule has 0 bridgehead atoms. The van der Waals surface area contributed by atoms with Crippen LogP contribution in [-0.2, 0) is 18.4 Å². The molecule has 1 aliphatic rings. The molecule has 0 radical (unpaired) electrons. The van der Waals surface area contributed by atoms with Gasteiger partial charge >= 0.3 is 5.97 Å². The Hall–Kier alpha value is -2.63. The van der Waals surface area contributed by atoms with Crippen molar-refractivity contribution < 1.29 is 14.7 Å². The summed E-state index contributed by atoms with van der Waals surface area (Å²) in [6.07, 6.45) is 1.69. The molecule has 1 aromatic heterocycles. The van der Waals surface area contributed by atoms with Crippen molar-refractivity contribution >= 4 is 11.9 Å². The van der Waals surface area contributed by atoms with Crippen LogP contribution in [0.15, 0.2) is 36.5 Å². The smallest absolute Gasteiger partial charge is 0.312 e. The standard InChI is InChI=1S/C15H15N3O3/c1-17-7-6-13(16-17)14(19)18-8-10-4-2-3-5-11(10)12(9-18)15(20)21/h2-7,12H,8-9H2,1H3,(H,20,21). The summed E-state index contributed by atoms with van der Waals surface area (Å²) in [5.41, 5.74) is 2.00. The number of carboxylic acid groups (broad SMARTS) is 1. The number of hydrogen-bond donors (Lipinski definition) is 1. The van der Waals surface area contributed by atoms with Gasteiger partial charge in [-0.2, -0.15) is 5.10 Å². The lowest BCUT2D eigenvalue weighted by Crippen LogP contribution is -2.40. The molecule has 2 aromatic rings. The predicted octanol–water partition coefficient (Wildman–Crippen LogP) is 1.24. The van der Waals surface area contributed by atoms with Crippen molar-refractivity contribution in [2.75, 3.05) is 6.54 Å².